The highest BCUT2D eigenvalue weighted by Crippen LogP contribution is 2.31. The summed E-state index contributed by atoms with van der Waals surface area (Å²) in [5, 5.41) is 1.48. The molecule has 12 heteroatoms. The van der Waals surface area contributed by atoms with Gasteiger partial charge in [-0.1, -0.05) is 77.3 Å². The van der Waals surface area contributed by atoms with Crippen molar-refractivity contribution in [1.82, 2.24) is 0 Å². The van der Waals surface area contributed by atoms with E-state index in [1.807, 2.05) is 0 Å². The van der Waals surface area contributed by atoms with Gasteiger partial charge in [0.25, 0.3) is 0 Å². The summed E-state index contributed by atoms with van der Waals surface area (Å²) in [6.07, 6.45) is 11.5. The van der Waals surface area contributed by atoms with Crippen molar-refractivity contribution in [3.8, 4) is 34.5 Å². The summed E-state index contributed by atoms with van der Waals surface area (Å²) in [6, 6.07) is 32.9. The lowest BCUT2D eigenvalue weighted by molar-refractivity contribution is 0.0719. The first-order valence-corrected chi connectivity index (χ1v) is 23.2. The van der Waals surface area contributed by atoms with Crippen LogP contribution in [0.25, 0.3) is 10.8 Å². The highest BCUT2D eigenvalue weighted by molar-refractivity contribution is 9.11. The van der Waals surface area contributed by atoms with Crippen LogP contribution < -0.4 is 28.4 Å². The van der Waals surface area contributed by atoms with Crippen LogP contribution in [0.5, 0.6) is 34.5 Å². The van der Waals surface area contributed by atoms with E-state index >= 15 is 0 Å². The molecule has 0 N–H and O–H groups in total. The third kappa shape index (κ3) is 14.0. The molecule has 0 aliphatic carbocycles. The van der Waals surface area contributed by atoms with Crippen LogP contribution >= 0.6 is 31.9 Å². The number of carbonyl (C=O) groups excluding carboxylic acids is 4. The number of halogens is 2. The van der Waals surface area contributed by atoms with Gasteiger partial charge in [0.1, 0.15) is 34.5 Å². The molecular weight excluding hydrogens is 944 g/mol. The fourth-order valence-corrected chi connectivity index (χ4v) is 7.49. The van der Waals surface area contributed by atoms with Gasteiger partial charge in [0.15, 0.2) is 0 Å². The third-order valence-electron chi connectivity index (χ3n) is 10.2. The molecule has 0 aliphatic heterocycles. The van der Waals surface area contributed by atoms with Gasteiger partial charge in [-0.2, -0.15) is 0 Å². The standard InChI is InChI=1S/C52H50Br2O10/c1-3-5-7-9-11-29-59-41-21-15-36(16-22-41)49(55)63-47-27-19-38(33-45(47)53)51(57)61-43-25-13-35-14-26-44(32-40(35)31-43)62-52(58)39-20-28-48(46(54)34-39)64-50(56)37-17-23-42(24-18-37)60-30-12-10-8-6-4-2/h13-28,31-34H,3-12,29-30H2,1-2H3. The molecule has 0 unspecified atom stereocenters. The number of unbranched alkanes of at least 4 members (excludes halogenated alkanes) is 8. The molecule has 0 amide bonds. The van der Waals surface area contributed by atoms with Crippen LogP contribution in [-0.4, -0.2) is 37.1 Å². The van der Waals surface area contributed by atoms with E-state index in [-0.39, 0.29) is 34.1 Å². The zero-order valence-corrected chi connectivity index (χ0v) is 39.0. The molecule has 0 saturated heterocycles. The molecular formula is C52H50Br2O10. The lowest BCUT2D eigenvalue weighted by Crippen LogP contribution is -2.11. The first-order valence-electron chi connectivity index (χ1n) is 21.6. The molecule has 0 heterocycles. The second-order valence-electron chi connectivity index (χ2n) is 15.1. The van der Waals surface area contributed by atoms with Crippen molar-refractivity contribution in [1.29, 1.82) is 0 Å². The van der Waals surface area contributed by atoms with Crippen LogP contribution in [0.15, 0.2) is 130 Å². The molecule has 0 spiro atoms. The van der Waals surface area contributed by atoms with Crippen molar-refractivity contribution in [2.45, 2.75) is 78.1 Å². The van der Waals surface area contributed by atoms with Gasteiger partial charge < -0.3 is 28.4 Å². The van der Waals surface area contributed by atoms with E-state index in [4.69, 9.17) is 28.4 Å². The Labute approximate surface area is 390 Å². The summed E-state index contributed by atoms with van der Waals surface area (Å²) >= 11 is 6.82. The zero-order chi connectivity index (χ0) is 45.3. The predicted octanol–water partition coefficient (Wildman–Crippen LogP) is 13.9. The fraction of sp³-hybridized carbons (Fsp3) is 0.269. The fourth-order valence-electron chi connectivity index (χ4n) is 6.57. The molecule has 0 bridgehead atoms. The van der Waals surface area contributed by atoms with Crippen molar-refractivity contribution in [2.75, 3.05) is 13.2 Å². The molecule has 332 valence electrons. The second-order valence-corrected chi connectivity index (χ2v) is 16.8. The third-order valence-corrected chi connectivity index (χ3v) is 11.4. The van der Waals surface area contributed by atoms with Crippen molar-refractivity contribution >= 4 is 66.5 Å². The van der Waals surface area contributed by atoms with E-state index in [0.717, 1.165) is 31.1 Å². The van der Waals surface area contributed by atoms with Crippen molar-refractivity contribution in [3.05, 3.63) is 153 Å². The quantitative estimate of drug-likeness (QED) is 0.0369. The molecule has 10 nitrogen and oxygen atoms in total. The summed E-state index contributed by atoms with van der Waals surface area (Å²) in [5.41, 5.74) is 1.16. The van der Waals surface area contributed by atoms with Crippen molar-refractivity contribution < 1.29 is 47.6 Å². The summed E-state index contributed by atoms with van der Waals surface area (Å²) in [5.74, 6) is 0.00586. The number of carbonyl (C=O) groups is 4. The Morgan fingerprint density at radius 3 is 1.12 bits per heavy atom. The Hall–Kier alpha value is -5.98. The number of benzene rings is 6. The molecule has 6 aromatic rings. The van der Waals surface area contributed by atoms with Gasteiger partial charge in [0.2, 0.25) is 0 Å². The molecule has 64 heavy (non-hydrogen) atoms. The number of hydrogen-bond acceptors (Lipinski definition) is 10. The van der Waals surface area contributed by atoms with Crippen LogP contribution in [0, 0.1) is 0 Å². The van der Waals surface area contributed by atoms with Crippen LogP contribution in [0.4, 0.5) is 0 Å². The maximum absolute atomic E-state index is 13.2. The van der Waals surface area contributed by atoms with Crippen LogP contribution in [0.2, 0.25) is 0 Å². The lowest BCUT2D eigenvalue weighted by atomic mass is 10.1. The van der Waals surface area contributed by atoms with Gasteiger partial charge in [-0.25, -0.2) is 19.2 Å². The maximum Gasteiger partial charge on any atom is 0.343 e. The largest absolute Gasteiger partial charge is 0.494 e. The zero-order valence-electron chi connectivity index (χ0n) is 35.9. The van der Waals surface area contributed by atoms with Gasteiger partial charge in [0, 0.05) is 0 Å². The molecule has 6 aromatic carbocycles. The highest BCUT2D eigenvalue weighted by atomic mass is 79.9. The van der Waals surface area contributed by atoms with Gasteiger partial charge in [-0.15, -0.1) is 0 Å². The Morgan fingerprint density at radius 2 is 0.734 bits per heavy atom. The Balaban J connectivity index is 0.994. The monoisotopic (exact) mass is 992 g/mol. The normalized spacial score (nSPS) is 10.9. The summed E-state index contributed by atoms with van der Waals surface area (Å²) in [4.78, 5) is 52.1. The summed E-state index contributed by atoms with van der Waals surface area (Å²) in [7, 11) is 0. The maximum atomic E-state index is 13.2. The number of hydrogen-bond donors (Lipinski definition) is 0. The highest BCUT2D eigenvalue weighted by Gasteiger charge is 2.18. The molecule has 0 aromatic heterocycles. The topological polar surface area (TPSA) is 124 Å². The first kappa shape index (κ1) is 47.5. The van der Waals surface area contributed by atoms with E-state index in [9.17, 15) is 19.2 Å². The first-order chi connectivity index (χ1) is 31.1. The molecule has 6 rings (SSSR count). The Bertz CT molecular complexity index is 2360. The van der Waals surface area contributed by atoms with Gasteiger partial charge in [-0.05, 0) is 165 Å². The van der Waals surface area contributed by atoms with Crippen molar-refractivity contribution in [3.63, 3.8) is 0 Å². The lowest BCUT2D eigenvalue weighted by Gasteiger charge is -2.11. The van der Waals surface area contributed by atoms with E-state index in [0.29, 0.717) is 50.2 Å². The average molecular weight is 995 g/mol. The molecule has 0 fully saturated rings. The Morgan fingerprint density at radius 1 is 0.375 bits per heavy atom. The van der Waals surface area contributed by atoms with Crippen molar-refractivity contribution in [2.24, 2.45) is 0 Å². The SMILES string of the molecule is CCCCCCCOc1ccc(C(=O)Oc2ccc(C(=O)Oc3ccc4ccc(OC(=O)c5ccc(OC(=O)c6ccc(OCCCCCCC)cc6)c(Br)c5)cc4c3)cc2Br)cc1. The predicted molar refractivity (Wildman–Crippen MR) is 253 cm³/mol. The molecule has 0 radical (unpaired) electrons. The minimum atomic E-state index is -0.632. The molecule has 0 saturated carbocycles. The van der Waals surface area contributed by atoms with E-state index in [1.54, 1.807) is 84.9 Å². The van der Waals surface area contributed by atoms with E-state index in [1.165, 1.54) is 74.9 Å². The Kier molecular flexibility index (Phi) is 17.9. The van der Waals surface area contributed by atoms with Crippen LogP contribution in [-0.2, 0) is 0 Å². The number of fused-ring (bicyclic) bond motifs is 1. The minimum absolute atomic E-state index is 0.223. The molecule has 0 aliphatic rings. The number of rotatable bonds is 22. The van der Waals surface area contributed by atoms with Gasteiger partial charge in [-0.3, -0.25) is 0 Å². The average Bonchev–Trinajstić information content (AvgIpc) is 3.30. The van der Waals surface area contributed by atoms with Gasteiger partial charge in [0.05, 0.1) is 44.4 Å². The second kappa shape index (κ2) is 24.2. The smallest absolute Gasteiger partial charge is 0.343 e. The van der Waals surface area contributed by atoms with Crippen LogP contribution in [0.3, 0.4) is 0 Å². The summed E-state index contributed by atoms with van der Waals surface area (Å²) < 4.78 is 34.9. The minimum Gasteiger partial charge on any atom is -0.494 e. The van der Waals surface area contributed by atoms with Gasteiger partial charge >= 0.3 is 23.9 Å². The van der Waals surface area contributed by atoms with Crippen LogP contribution in [0.1, 0.15) is 119 Å². The number of ether oxygens (including phenoxy) is 6. The summed E-state index contributed by atoms with van der Waals surface area (Å²) in [6.45, 7) is 5.62. The number of esters is 4. The van der Waals surface area contributed by atoms with E-state index in [2.05, 4.69) is 45.7 Å². The van der Waals surface area contributed by atoms with E-state index < -0.39 is 23.9 Å². The molecule has 0 atom stereocenters.